The molecule has 0 aliphatic rings. The molecule has 0 saturated carbocycles. The van der Waals surface area contributed by atoms with Crippen LogP contribution in [-0.4, -0.2) is 40.0 Å². The Kier molecular flexibility index (Phi) is 3.52. The van der Waals surface area contributed by atoms with Crippen LogP contribution in [0.4, 0.5) is 5.82 Å². The molecule has 5 rings (SSSR count). The van der Waals surface area contributed by atoms with Crippen molar-refractivity contribution in [3.05, 3.63) is 53.5 Å². The van der Waals surface area contributed by atoms with Gasteiger partial charge in [-0.05, 0) is 17.7 Å². The van der Waals surface area contributed by atoms with E-state index in [-0.39, 0.29) is 5.15 Å². The lowest BCUT2D eigenvalue weighted by molar-refractivity contribution is 0.841. The SMILES string of the molecule is NNc1nnc(Cl)c2ncc(Cc3nnc4c5cnccc5cnn34)cc12. The van der Waals surface area contributed by atoms with Crippen LogP contribution in [0.15, 0.2) is 36.9 Å². The third-order valence-electron chi connectivity index (χ3n) is 4.24. The van der Waals surface area contributed by atoms with Gasteiger partial charge < -0.3 is 5.43 Å². The molecule has 0 amide bonds. The van der Waals surface area contributed by atoms with E-state index in [1.165, 1.54) is 0 Å². The van der Waals surface area contributed by atoms with Crippen molar-refractivity contribution >= 4 is 44.7 Å². The van der Waals surface area contributed by atoms with Crippen LogP contribution >= 0.6 is 11.6 Å². The van der Waals surface area contributed by atoms with Gasteiger partial charge in [-0.1, -0.05) is 11.6 Å². The van der Waals surface area contributed by atoms with Crippen LogP contribution in [0.25, 0.3) is 27.3 Å². The third-order valence-corrected chi connectivity index (χ3v) is 4.50. The average Bonchev–Trinajstić information content (AvgIpc) is 3.11. The van der Waals surface area contributed by atoms with Crippen LogP contribution in [-0.2, 0) is 6.42 Å². The molecule has 0 fully saturated rings. The summed E-state index contributed by atoms with van der Waals surface area (Å²) in [6, 6.07) is 3.78. The Morgan fingerprint density at radius 1 is 1.07 bits per heavy atom. The molecule has 11 heteroatoms. The summed E-state index contributed by atoms with van der Waals surface area (Å²) in [4.78, 5) is 8.54. The molecule has 0 aliphatic heterocycles. The monoisotopic (exact) mass is 378 g/mol. The Bertz CT molecular complexity index is 1320. The molecule has 0 bridgehead atoms. The summed E-state index contributed by atoms with van der Waals surface area (Å²) in [5.41, 5.74) is 4.56. The number of nitrogens with zero attached hydrogens (tertiary/aromatic N) is 8. The summed E-state index contributed by atoms with van der Waals surface area (Å²) < 4.78 is 1.70. The molecule has 5 aromatic heterocycles. The zero-order chi connectivity index (χ0) is 18.4. The summed E-state index contributed by atoms with van der Waals surface area (Å²) in [5.74, 6) is 6.58. The highest BCUT2D eigenvalue weighted by Crippen LogP contribution is 2.25. The Labute approximate surface area is 156 Å². The molecular weight excluding hydrogens is 368 g/mol. The van der Waals surface area contributed by atoms with E-state index in [9.17, 15) is 0 Å². The number of hydrogen-bond donors (Lipinski definition) is 2. The van der Waals surface area contributed by atoms with Gasteiger partial charge in [0.15, 0.2) is 22.4 Å². The zero-order valence-corrected chi connectivity index (χ0v) is 14.5. The maximum Gasteiger partial charge on any atom is 0.187 e. The molecule has 0 aromatic carbocycles. The predicted molar refractivity (Wildman–Crippen MR) is 99.0 cm³/mol. The zero-order valence-electron chi connectivity index (χ0n) is 13.7. The molecule has 132 valence electrons. The van der Waals surface area contributed by atoms with E-state index in [2.05, 4.69) is 40.9 Å². The van der Waals surface area contributed by atoms with Crippen molar-refractivity contribution in [3.8, 4) is 0 Å². The first-order valence-corrected chi connectivity index (χ1v) is 8.33. The molecule has 5 aromatic rings. The van der Waals surface area contributed by atoms with E-state index < -0.39 is 0 Å². The fourth-order valence-electron chi connectivity index (χ4n) is 2.97. The van der Waals surface area contributed by atoms with Gasteiger partial charge in [0.2, 0.25) is 0 Å². The van der Waals surface area contributed by atoms with E-state index >= 15 is 0 Å². The van der Waals surface area contributed by atoms with Gasteiger partial charge in [-0.3, -0.25) is 9.97 Å². The third kappa shape index (κ3) is 2.50. The van der Waals surface area contributed by atoms with E-state index in [1.807, 2.05) is 12.1 Å². The van der Waals surface area contributed by atoms with E-state index in [0.29, 0.717) is 34.6 Å². The quantitative estimate of drug-likeness (QED) is 0.354. The van der Waals surface area contributed by atoms with Gasteiger partial charge in [-0.2, -0.15) is 9.61 Å². The first-order valence-electron chi connectivity index (χ1n) is 7.95. The smallest absolute Gasteiger partial charge is 0.187 e. The number of pyridine rings is 2. The fraction of sp³-hybridized carbons (Fsp3) is 0.0625. The number of halogens is 1. The number of nitrogen functional groups attached to an aromatic ring is 1. The highest BCUT2D eigenvalue weighted by atomic mass is 35.5. The predicted octanol–water partition coefficient (Wildman–Crippen LogP) is 1.54. The van der Waals surface area contributed by atoms with E-state index in [1.54, 1.807) is 29.3 Å². The molecule has 5 heterocycles. The minimum Gasteiger partial charge on any atom is -0.306 e. The second-order valence-corrected chi connectivity index (χ2v) is 6.22. The van der Waals surface area contributed by atoms with Crippen LogP contribution in [0, 0.1) is 0 Å². The summed E-state index contributed by atoms with van der Waals surface area (Å²) >= 11 is 6.07. The Hall–Kier alpha value is -3.50. The Balaban J connectivity index is 1.62. The van der Waals surface area contributed by atoms with Crippen molar-refractivity contribution < 1.29 is 0 Å². The normalized spacial score (nSPS) is 11.5. The molecule has 0 spiro atoms. The summed E-state index contributed by atoms with van der Waals surface area (Å²) in [7, 11) is 0. The largest absolute Gasteiger partial charge is 0.306 e. The Morgan fingerprint density at radius 2 is 2.00 bits per heavy atom. The van der Waals surface area contributed by atoms with Crippen LogP contribution < -0.4 is 11.3 Å². The van der Waals surface area contributed by atoms with E-state index in [4.69, 9.17) is 17.4 Å². The van der Waals surface area contributed by atoms with Gasteiger partial charge in [-0.15, -0.1) is 20.4 Å². The maximum atomic E-state index is 6.07. The van der Waals surface area contributed by atoms with Crippen LogP contribution in [0.3, 0.4) is 0 Å². The van der Waals surface area contributed by atoms with Gasteiger partial charge in [0.05, 0.1) is 6.20 Å². The van der Waals surface area contributed by atoms with E-state index in [0.717, 1.165) is 16.3 Å². The molecule has 0 radical (unpaired) electrons. The van der Waals surface area contributed by atoms with Crippen LogP contribution in [0.5, 0.6) is 0 Å². The van der Waals surface area contributed by atoms with Gasteiger partial charge in [0, 0.05) is 41.2 Å². The van der Waals surface area contributed by atoms with Crippen molar-refractivity contribution in [2.75, 3.05) is 5.43 Å². The number of nitrogens with two attached hydrogens (primary N) is 1. The molecule has 0 atom stereocenters. The topological polar surface area (TPSA) is 133 Å². The van der Waals surface area contributed by atoms with Gasteiger partial charge in [-0.25, -0.2) is 5.84 Å². The lowest BCUT2D eigenvalue weighted by Gasteiger charge is -2.06. The van der Waals surface area contributed by atoms with Crippen molar-refractivity contribution in [1.82, 2.24) is 40.0 Å². The lowest BCUT2D eigenvalue weighted by Crippen LogP contribution is -2.10. The van der Waals surface area contributed by atoms with Crippen LogP contribution in [0.1, 0.15) is 11.4 Å². The van der Waals surface area contributed by atoms with Crippen LogP contribution in [0.2, 0.25) is 5.15 Å². The number of hydrogen-bond acceptors (Lipinski definition) is 9. The first kappa shape index (κ1) is 15.7. The number of aromatic nitrogens is 8. The minimum absolute atomic E-state index is 0.212. The summed E-state index contributed by atoms with van der Waals surface area (Å²) in [6.45, 7) is 0. The Morgan fingerprint density at radius 3 is 2.89 bits per heavy atom. The molecule has 3 N–H and O–H groups in total. The van der Waals surface area contributed by atoms with Crippen molar-refractivity contribution in [2.45, 2.75) is 6.42 Å². The van der Waals surface area contributed by atoms with Gasteiger partial charge in [0.1, 0.15) is 5.52 Å². The number of fused-ring (bicyclic) bond motifs is 4. The van der Waals surface area contributed by atoms with Crippen molar-refractivity contribution in [2.24, 2.45) is 5.84 Å². The molecule has 27 heavy (non-hydrogen) atoms. The number of nitrogens with one attached hydrogen (secondary N) is 1. The van der Waals surface area contributed by atoms with Crippen molar-refractivity contribution in [3.63, 3.8) is 0 Å². The first-order chi connectivity index (χ1) is 13.2. The number of hydrazine groups is 1. The average molecular weight is 379 g/mol. The van der Waals surface area contributed by atoms with Gasteiger partial charge in [0.25, 0.3) is 0 Å². The fourth-order valence-corrected chi connectivity index (χ4v) is 3.16. The summed E-state index contributed by atoms with van der Waals surface area (Å²) in [6.07, 6.45) is 7.41. The molecular formula is C16H11ClN10. The second kappa shape index (κ2) is 6.04. The lowest BCUT2D eigenvalue weighted by atomic mass is 10.1. The standard InChI is InChI=1S/C16H11ClN10/c17-14-13-10(15(22-18)25-24-14)3-8(5-20-13)4-12-23-26-16-11-7-19-2-1-9(11)6-21-27(12)16/h1-3,5-7H,4,18H2,(H,22,25). The molecule has 0 aliphatic carbocycles. The highest BCUT2D eigenvalue weighted by Gasteiger charge is 2.14. The molecule has 0 unspecified atom stereocenters. The van der Waals surface area contributed by atoms with Crippen molar-refractivity contribution in [1.29, 1.82) is 0 Å². The number of anilines is 1. The molecule has 0 saturated heterocycles. The maximum absolute atomic E-state index is 6.07. The van der Waals surface area contributed by atoms with Gasteiger partial charge >= 0.3 is 0 Å². The number of rotatable bonds is 3. The summed E-state index contributed by atoms with van der Waals surface area (Å²) in [5, 5.41) is 23.5. The highest BCUT2D eigenvalue weighted by molar-refractivity contribution is 6.34. The molecule has 10 nitrogen and oxygen atoms in total. The second-order valence-electron chi connectivity index (χ2n) is 5.86. The minimum atomic E-state index is 0.212.